The van der Waals surface area contributed by atoms with E-state index in [1.165, 1.54) is 17.4 Å². The van der Waals surface area contributed by atoms with Crippen LogP contribution in [0.3, 0.4) is 0 Å². The lowest BCUT2D eigenvalue weighted by molar-refractivity contribution is 0.0721. The quantitative estimate of drug-likeness (QED) is 0.108. The van der Waals surface area contributed by atoms with Crippen molar-refractivity contribution in [3.63, 3.8) is 0 Å². The Kier molecular flexibility index (Phi) is 5.94. The highest BCUT2D eigenvalue weighted by molar-refractivity contribution is 7.85. The van der Waals surface area contributed by atoms with E-state index in [2.05, 4.69) is 4.74 Å². The maximum atomic E-state index is 14.1. The van der Waals surface area contributed by atoms with Crippen molar-refractivity contribution in [2.75, 3.05) is 0 Å². The summed E-state index contributed by atoms with van der Waals surface area (Å²) in [5.74, 6) is -12.7. The maximum Gasteiger partial charge on any atom is 0.353 e. The molecule has 0 aliphatic rings. The number of carbonyl (C=O) groups is 1. The van der Waals surface area contributed by atoms with Gasteiger partial charge in [0.15, 0.2) is 11.6 Å². The topological polar surface area (TPSA) is 83.5 Å². The molecule has 32 heavy (non-hydrogen) atoms. The van der Waals surface area contributed by atoms with E-state index >= 15 is 0 Å². The van der Waals surface area contributed by atoms with E-state index < -0.39 is 50.0 Å². The van der Waals surface area contributed by atoms with Crippen LogP contribution in [0.2, 0.25) is 0 Å². The highest BCUT2D eigenvalue weighted by atomic mass is 32.2. The Balaban J connectivity index is 1.62. The fourth-order valence-electron chi connectivity index (χ4n) is 2.65. The molecule has 0 atom stereocenters. The Morgan fingerprint density at radius 2 is 1.38 bits per heavy atom. The molecule has 0 saturated heterocycles. The van der Waals surface area contributed by atoms with E-state index in [0.29, 0.717) is 4.88 Å². The number of hydrogen-bond acceptors (Lipinski definition) is 8. The third kappa shape index (κ3) is 4.09. The first-order chi connectivity index (χ1) is 15.1. The van der Waals surface area contributed by atoms with Gasteiger partial charge in [-0.25, -0.2) is 22.0 Å². The molecule has 0 N–H and O–H groups in total. The van der Waals surface area contributed by atoms with Gasteiger partial charge in [-0.05, 0) is 35.7 Å². The van der Waals surface area contributed by atoms with E-state index in [0.717, 1.165) is 26.0 Å². The second-order valence-electron chi connectivity index (χ2n) is 6.06. The molecule has 0 radical (unpaired) electrons. The van der Waals surface area contributed by atoms with Gasteiger partial charge in [-0.3, -0.25) is 0 Å². The minimum Gasteiger partial charge on any atom is -0.744 e. The average Bonchev–Trinajstić information content (AvgIpc) is 3.48. The Bertz CT molecular complexity index is 1410. The second kappa shape index (κ2) is 8.41. The van der Waals surface area contributed by atoms with Gasteiger partial charge in [-0.2, -0.15) is 8.78 Å². The molecule has 3 aromatic heterocycles. The number of benzene rings is 1. The molecule has 1 aromatic carbocycles. The van der Waals surface area contributed by atoms with E-state index in [9.17, 15) is 35.3 Å². The van der Waals surface area contributed by atoms with Crippen LogP contribution in [0.5, 0.6) is 5.75 Å². The maximum absolute atomic E-state index is 14.1. The van der Waals surface area contributed by atoms with Crippen molar-refractivity contribution in [3.05, 3.63) is 69.9 Å². The van der Waals surface area contributed by atoms with E-state index in [4.69, 9.17) is 0 Å². The summed E-state index contributed by atoms with van der Waals surface area (Å²) in [6.07, 6.45) is 0. The predicted molar refractivity (Wildman–Crippen MR) is 110 cm³/mol. The Morgan fingerprint density at radius 1 is 0.812 bits per heavy atom. The SMILES string of the molecule is O=C(Oc1c(F)c(F)c(S(=O)(=O)[O-])c(F)c1F)c1ccc(-c2ccc(-c3cccs3)s2)s1. The summed E-state index contributed by atoms with van der Waals surface area (Å²) in [4.78, 5) is 13.3. The number of esters is 1. The smallest absolute Gasteiger partial charge is 0.353 e. The zero-order chi connectivity index (χ0) is 23.2. The number of ether oxygens (including phenoxy) is 1. The number of carbonyl (C=O) groups excluding carboxylic acids is 1. The highest BCUT2D eigenvalue weighted by Crippen LogP contribution is 2.39. The van der Waals surface area contributed by atoms with Crippen LogP contribution in [0.4, 0.5) is 17.6 Å². The van der Waals surface area contributed by atoms with Crippen molar-refractivity contribution in [2.24, 2.45) is 0 Å². The van der Waals surface area contributed by atoms with Gasteiger partial charge >= 0.3 is 5.97 Å². The number of rotatable bonds is 5. The van der Waals surface area contributed by atoms with Crippen molar-refractivity contribution in [3.8, 4) is 25.3 Å². The normalized spacial score (nSPS) is 11.7. The minimum atomic E-state index is -5.86. The monoisotopic (exact) mass is 519 g/mol. The van der Waals surface area contributed by atoms with Gasteiger partial charge in [-0.1, -0.05) is 6.07 Å². The lowest BCUT2D eigenvalue weighted by Gasteiger charge is -2.13. The van der Waals surface area contributed by atoms with E-state index in [1.807, 2.05) is 29.6 Å². The molecule has 4 aromatic rings. The molecule has 0 saturated carbocycles. The summed E-state index contributed by atoms with van der Waals surface area (Å²) < 4.78 is 92.9. The van der Waals surface area contributed by atoms with Gasteiger partial charge in [0.2, 0.25) is 17.4 Å². The summed E-state index contributed by atoms with van der Waals surface area (Å²) in [6, 6.07) is 10.4. The third-order valence-corrected chi connectivity index (χ3v) is 8.32. The van der Waals surface area contributed by atoms with Crippen molar-refractivity contribution in [1.29, 1.82) is 0 Å². The van der Waals surface area contributed by atoms with Crippen molar-refractivity contribution >= 4 is 50.1 Å². The Labute approximate surface area is 189 Å². The van der Waals surface area contributed by atoms with Crippen LogP contribution in [0.15, 0.2) is 46.7 Å². The molecule has 0 spiro atoms. The van der Waals surface area contributed by atoms with Crippen LogP contribution in [0.25, 0.3) is 19.5 Å². The molecule has 4 rings (SSSR count). The standard InChI is InChI=1S/C19H8F4O5S4/c20-13-15(22)18(32(25,26)27)16(23)14(21)17(13)28-19(24)12-6-5-11(31-12)10-4-3-9(30-10)8-2-1-7-29-8/h1-7H,(H,25,26,27)/p-1. The molecule has 0 aliphatic heterocycles. The molecule has 0 bridgehead atoms. The zero-order valence-corrected chi connectivity index (χ0v) is 18.5. The third-order valence-electron chi connectivity index (χ3n) is 4.05. The van der Waals surface area contributed by atoms with Crippen molar-refractivity contribution < 1.29 is 40.1 Å². The van der Waals surface area contributed by atoms with Gasteiger partial charge in [0.05, 0.1) is 0 Å². The lowest BCUT2D eigenvalue weighted by Crippen LogP contribution is -2.15. The molecule has 13 heteroatoms. The molecular weight excluding hydrogens is 512 g/mol. The van der Waals surface area contributed by atoms with Crippen LogP contribution in [-0.4, -0.2) is 18.9 Å². The summed E-state index contributed by atoms with van der Waals surface area (Å²) in [5.41, 5.74) is 0. The average molecular weight is 520 g/mol. The zero-order valence-electron chi connectivity index (χ0n) is 15.2. The van der Waals surface area contributed by atoms with Gasteiger partial charge in [0.1, 0.15) is 19.9 Å². The number of thiophene rings is 3. The minimum absolute atomic E-state index is 0.133. The fraction of sp³-hybridized carbons (Fsp3) is 0. The summed E-state index contributed by atoms with van der Waals surface area (Å²) >= 11 is 3.91. The predicted octanol–water partition coefficient (Wildman–Crippen LogP) is 5.88. The van der Waals surface area contributed by atoms with Crippen LogP contribution >= 0.6 is 34.0 Å². The first-order valence-electron chi connectivity index (χ1n) is 8.36. The van der Waals surface area contributed by atoms with Gasteiger partial charge in [-0.15, -0.1) is 34.0 Å². The van der Waals surface area contributed by atoms with Crippen LogP contribution in [0.1, 0.15) is 9.67 Å². The fourth-order valence-corrected chi connectivity index (χ4v) is 6.08. The second-order valence-corrected chi connectivity index (χ2v) is 10.5. The molecule has 0 unspecified atom stereocenters. The van der Waals surface area contributed by atoms with Crippen LogP contribution < -0.4 is 4.74 Å². The first-order valence-corrected chi connectivity index (χ1v) is 12.3. The number of halogens is 4. The molecular formula is C19H7F4O5S4-. The largest absolute Gasteiger partial charge is 0.744 e. The molecule has 0 fully saturated rings. The summed E-state index contributed by atoms with van der Waals surface area (Å²) in [5, 5.41) is 1.93. The van der Waals surface area contributed by atoms with Crippen molar-refractivity contribution in [1.82, 2.24) is 0 Å². The summed E-state index contributed by atoms with van der Waals surface area (Å²) in [6.45, 7) is 0. The summed E-state index contributed by atoms with van der Waals surface area (Å²) in [7, 11) is -5.86. The van der Waals surface area contributed by atoms with Gasteiger partial charge < -0.3 is 9.29 Å². The molecule has 0 amide bonds. The molecule has 166 valence electrons. The molecule has 0 aliphatic carbocycles. The Morgan fingerprint density at radius 3 is 1.94 bits per heavy atom. The Hall–Kier alpha value is -2.58. The van der Waals surface area contributed by atoms with Gasteiger partial charge in [0.25, 0.3) is 0 Å². The van der Waals surface area contributed by atoms with Crippen molar-refractivity contribution in [2.45, 2.75) is 4.90 Å². The lowest BCUT2D eigenvalue weighted by atomic mass is 10.3. The molecule has 3 heterocycles. The van der Waals surface area contributed by atoms with E-state index in [1.54, 1.807) is 17.4 Å². The highest BCUT2D eigenvalue weighted by Gasteiger charge is 2.31. The van der Waals surface area contributed by atoms with Crippen LogP contribution in [-0.2, 0) is 10.1 Å². The first kappa shape index (κ1) is 22.6. The van der Waals surface area contributed by atoms with Crippen LogP contribution in [0, 0.1) is 23.3 Å². The van der Waals surface area contributed by atoms with E-state index in [-0.39, 0.29) is 4.88 Å². The molecule has 5 nitrogen and oxygen atoms in total. The van der Waals surface area contributed by atoms with Gasteiger partial charge in [0, 0.05) is 19.5 Å². The number of hydrogen-bond donors (Lipinski definition) is 0.